The SMILES string of the molecule is CCC(Cl)(CCl)O[P+](=O)OC(Cl)(CC)CCl. The molecule has 0 aromatic carbocycles. The molecule has 0 aliphatic heterocycles. The molecule has 0 saturated carbocycles. The van der Waals surface area contributed by atoms with Crippen molar-refractivity contribution in [2.24, 2.45) is 0 Å². The maximum atomic E-state index is 11.5. The fourth-order valence-corrected chi connectivity index (χ4v) is 2.59. The van der Waals surface area contributed by atoms with E-state index in [1.807, 2.05) is 0 Å². The van der Waals surface area contributed by atoms with Crippen molar-refractivity contribution in [1.82, 2.24) is 0 Å². The number of hydrogen-bond donors (Lipinski definition) is 0. The molecule has 0 amide bonds. The van der Waals surface area contributed by atoms with E-state index in [0.29, 0.717) is 12.8 Å². The highest BCUT2D eigenvalue weighted by molar-refractivity contribution is 7.33. The monoisotopic (exact) mass is 329 g/mol. The molecule has 0 rings (SSSR count). The van der Waals surface area contributed by atoms with Crippen LogP contribution in [0.4, 0.5) is 0 Å². The highest BCUT2D eigenvalue weighted by Crippen LogP contribution is 2.42. The van der Waals surface area contributed by atoms with Gasteiger partial charge in [0.15, 0.2) is 0 Å². The van der Waals surface area contributed by atoms with Gasteiger partial charge in [-0.2, -0.15) is 0 Å². The van der Waals surface area contributed by atoms with Gasteiger partial charge in [0.2, 0.25) is 10.1 Å². The fourth-order valence-electron chi connectivity index (χ4n) is 0.653. The second-order valence-electron chi connectivity index (χ2n) is 3.15. The molecule has 0 spiro atoms. The van der Waals surface area contributed by atoms with Crippen LogP contribution in [0.1, 0.15) is 26.7 Å². The van der Waals surface area contributed by atoms with Crippen LogP contribution in [0.5, 0.6) is 0 Å². The fraction of sp³-hybridized carbons (Fsp3) is 1.00. The lowest BCUT2D eigenvalue weighted by Gasteiger charge is -2.17. The second-order valence-corrected chi connectivity index (χ2v) is 5.87. The van der Waals surface area contributed by atoms with Crippen LogP contribution >= 0.6 is 54.7 Å². The standard InChI is InChI=1S/C8H14Cl4O3P/c1-3-7(11,5-9)14-16(13)15-8(12,4-2)6-10/h3-6H2,1-2H3/q+1. The average molecular weight is 331 g/mol. The lowest BCUT2D eigenvalue weighted by atomic mass is 10.3. The Kier molecular flexibility index (Phi) is 8.14. The van der Waals surface area contributed by atoms with E-state index < -0.39 is 18.4 Å². The van der Waals surface area contributed by atoms with Crippen LogP contribution in [-0.4, -0.2) is 21.9 Å². The van der Waals surface area contributed by atoms with Gasteiger partial charge in [-0.25, -0.2) is 0 Å². The van der Waals surface area contributed by atoms with Crippen molar-refractivity contribution in [3.63, 3.8) is 0 Å². The van der Waals surface area contributed by atoms with Crippen LogP contribution in [0.3, 0.4) is 0 Å². The van der Waals surface area contributed by atoms with Gasteiger partial charge in [-0.15, -0.1) is 23.2 Å². The third-order valence-electron chi connectivity index (χ3n) is 1.93. The van der Waals surface area contributed by atoms with Crippen LogP contribution in [0.15, 0.2) is 0 Å². The van der Waals surface area contributed by atoms with Gasteiger partial charge in [-0.05, 0) is 12.8 Å². The predicted octanol–water partition coefficient (Wildman–Crippen LogP) is 4.84. The molecule has 0 aromatic rings. The molecule has 0 saturated heterocycles. The lowest BCUT2D eigenvalue weighted by molar-refractivity contribution is 0.104. The van der Waals surface area contributed by atoms with Crippen molar-refractivity contribution in [3.05, 3.63) is 0 Å². The number of halogens is 4. The van der Waals surface area contributed by atoms with Gasteiger partial charge in [0.1, 0.15) is 0 Å². The summed E-state index contributed by atoms with van der Waals surface area (Å²) in [6.45, 7) is 3.52. The third-order valence-corrected chi connectivity index (χ3v) is 5.24. The average Bonchev–Trinajstić information content (AvgIpc) is 2.28. The van der Waals surface area contributed by atoms with E-state index in [2.05, 4.69) is 0 Å². The van der Waals surface area contributed by atoms with Crippen molar-refractivity contribution in [1.29, 1.82) is 0 Å². The molecule has 2 unspecified atom stereocenters. The summed E-state index contributed by atoms with van der Waals surface area (Å²) in [6, 6.07) is 0. The molecule has 96 valence electrons. The zero-order valence-electron chi connectivity index (χ0n) is 9.01. The first kappa shape index (κ1) is 17.2. The molecule has 0 bridgehead atoms. The van der Waals surface area contributed by atoms with Gasteiger partial charge in [0, 0.05) is 4.57 Å². The normalized spacial score (nSPS) is 20.0. The maximum Gasteiger partial charge on any atom is 0.701 e. The van der Waals surface area contributed by atoms with Crippen LogP contribution in [-0.2, 0) is 13.6 Å². The van der Waals surface area contributed by atoms with Gasteiger partial charge in [-0.1, -0.05) is 46.1 Å². The maximum absolute atomic E-state index is 11.5. The highest BCUT2D eigenvalue weighted by Gasteiger charge is 2.44. The Morgan fingerprint density at radius 2 is 1.31 bits per heavy atom. The summed E-state index contributed by atoms with van der Waals surface area (Å²) >= 11 is 23.0. The molecule has 0 aromatic heterocycles. The largest absolute Gasteiger partial charge is 0.701 e. The van der Waals surface area contributed by atoms with Crippen LogP contribution in [0.25, 0.3) is 0 Å². The van der Waals surface area contributed by atoms with Gasteiger partial charge >= 0.3 is 8.25 Å². The summed E-state index contributed by atoms with van der Waals surface area (Å²) in [5, 5.41) is -2.40. The summed E-state index contributed by atoms with van der Waals surface area (Å²) < 4.78 is 21.6. The zero-order chi connectivity index (χ0) is 12.8. The van der Waals surface area contributed by atoms with Crippen LogP contribution in [0, 0.1) is 0 Å². The van der Waals surface area contributed by atoms with Gasteiger partial charge in [0.05, 0.1) is 11.8 Å². The first-order chi connectivity index (χ1) is 7.34. The zero-order valence-corrected chi connectivity index (χ0v) is 12.9. The smallest absolute Gasteiger partial charge is 0.122 e. The molecule has 16 heavy (non-hydrogen) atoms. The Morgan fingerprint density at radius 3 is 1.50 bits per heavy atom. The molecule has 8 heteroatoms. The molecule has 0 radical (unpaired) electrons. The molecule has 2 atom stereocenters. The minimum absolute atomic E-state index is 0.00221. The van der Waals surface area contributed by atoms with Crippen molar-refractivity contribution in [2.75, 3.05) is 11.8 Å². The Bertz CT molecular complexity index is 209. The van der Waals surface area contributed by atoms with Crippen molar-refractivity contribution >= 4 is 54.7 Å². The van der Waals surface area contributed by atoms with E-state index in [9.17, 15) is 4.57 Å². The van der Waals surface area contributed by atoms with E-state index in [-0.39, 0.29) is 11.8 Å². The van der Waals surface area contributed by atoms with Gasteiger partial charge in [-0.3, -0.25) is 0 Å². The Labute approximate surface area is 117 Å². The molecule has 0 heterocycles. The van der Waals surface area contributed by atoms with Gasteiger partial charge < -0.3 is 0 Å². The molecular formula is C8H14Cl4O3P+. The number of rotatable bonds is 8. The molecule has 0 aliphatic rings. The molecule has 0 fully saturated rings. The van der Waals surface area contributed by atoms with Crippen molar-refractivity contribution in [2.45, 2.75) is 36.8 Å². The molecule has 0 N–H and O–H groups in total. The number of alkyl halides is 4. The topological polar surface area (TPSA) is 35.5 Å². The summed E-state index contributed by atoms with van der Waals surface area (Å²) in [6.07, 6.45) is 0.787. The molecule has 3 nitrogen and oxygen atoms in total. The predicted molar refractivity (Wildman–Crippen MR) is 69.0 cm³/mol. The van der Waals surface area contributed by atoms with E-state index in [1.54, 1.807) is 13.8 Å². The first-order valence-corrected chi connectivity index (χ1v) is 7.62. The minimum atomic E-state index is -2.46. The van der Waals surface area contributed by atoms with Crippen LogP contribution < -0.4 is 0 Å². The molecule has 0 aliphatic carbocycles. The Balaban J connectivity index is 4.38. The van der Waals surface area contributed by atoms with E-state index >= 15 is 0 Å². The minimum Gasteiger partial charge on any atom is -0.122 e. The third kappa shape index (κ3) is 5.68. The second kappa shape index (κ2) is 7.58. The highest BCUT2D eigenvalue weighted by atomic mass is 35.5. The Hall–Kier alpha value is 1.18. The first-order valence-electron chi connectivity index (χ1n) is 4.70. The summed E-state index contributed by atoms with van der Waals surface area (Å²) in [5.74, 6) is -0.00442. The lowest BCUT2D eigenvalue weighted by Crippen LogP contribution is -2.27. The summed E-state index contributed by atoms with van der Waals surface area (Å²) in [5.41, 5.74) is 0. The molecular weight excluding hydrogens is 317 g/mol. The van der Waals surface area contributed by atoms with Crippen molar-refractivity contribution < 1.29 is 13.6 Å². The van der Waals surface area contributed by atoms with E-state index in [1.165, 1.54) is 0 Å². The van der Waals surface area contributed by atoms with E-state index in [0.717, 1.165) is 0 Å². The van der Waals surface area contributed by atoms with E-state index in [4.69, 9.17) is 55.5 Å². The van der Waals surface area contributed by atoms with Gasteiger partial charge in [0.25, 0.3) is 0 Å². The van der Waals surface area contributed by atoms with Crippen LogP contribution in [0.2, 0.25) is 0 Å². The summed E-state index contributed by atoms with van der Waals surface area (Å²) in [7, 11) is -2.46. The quantitative estimate of drug-likeness (QED) is 0.471. The van der Waals surface area contributed by atoms with Crippen molar-refractivity contribution in [3.8, 4) is 0 Å². The summed E-state index contributed by atoms with van der Waals surface area (Å²) in [4.78, 5) is 0. The number of hydrogen-bond acceptors (Lipinski definition) is 3. The Morgan fingerprint density at radius 1 is 1.00 bits per heavy atom.